The SMILES string of the molecule is CCCC(C)CP(=O)(Cc1ccccc1)OCOC(=O)CC. The van der Waals surface area contributed by atoms with E-state index in [1.165, 1.54) is 0 Å². The molecule has 0 heterocycles. The molecule has 124 valence electrons. The van der Waals surface area contributed by atoms with Crippen molar-refractivity contribution in [3.05, 3.63) is 35.9 Å². The second kappa shape index (κ2) is 9.81. The van der Waals surface area contributed by atoms with Crippen molar-refractivity contribution in [1.29, 1.82) is 0 Å². The van der Waals surface area contributed by atoms with Gasteiger partial charge in [0.25, 0.3) is 0 Å². The monoisotopic (exact) mass is 326 g/mol. The maximum absolute atomic E-state index is 13.1. The van der Waals surface area contributed by atoms with Crippen molar-refractivity contribution in [2.45, 2.75) is 46.2 Å². The van der Waals surface area contributed by atoms with Crippen LogP contribution in [0.1, 0.15) is 45.6 Å². The lowest BCUT2D eigenvalue weighted by Gasteiger charge is -2.22. The molecule has 0 saturated carbocycles. The van der Waals surface area contributed by atoms with E-state index in [4.69, 9.17) is 9.26 Å². The molecule has 0 bridgehead atoms. The molecule has 0 N–H and O–H groups in total. The van der Waals surface area contributed by atoms with Gasteiger partial charge in [-0.1, -0.05) is 63.9 Å². The number of esters is 1. The quantitative estimate of drug-likeness (QED) is 0.351. The highest BCUT2D eigenvalue weighted by Gasteiger charge is 2.26. The van der Waals surface area contributed by atoms with Crippen LogP contribution in [0, 0.1) is 5.92 Å². The first kappa shape index (κ1) is 18.9. The highest BCUT2D eigenvalue weighted by molar-refractivity contribution is 7.58. The van der Waals surface area contributed by atoms with E-state index in [1.807, 2.05) is 30.3 Å². The van der Waals surface area contributed by atoms with Crippen LogP contribution < -0.4 is 0 Å². The average molecular weight is 326 g/mol. The molecular weight excluding hydrogens is 299 g/mol. The summed E-state index contributed by atoms with van der Waals surface area (Å²) in [6.45, 7) is 5.69. The Morgan fingerprint density at radius 1 is 1.23 bits per heavy atom. The van der Waals surface area contributed by atoms with Crippen molar-refractivity contribution < 1.29 is 18.6 Å². The smallest absolute Gasteiger partial charge is 0.307 e. The van der Waals surface area contributed by atoms with Crippen molar-refractivity contribution in [1.82, 2.24) is 0 Å². The van der Waals surface area contributed by atoms with Gasteiger partial charge in [0.1, 0.15) is 0 Å². The van der Waals surface area contributed by atoms with Gasteiger partial charge in [0.05, 0.1) is 0 Å². The molecule has 0 saturated heterocycles. The molecule has 0 aliphatic heterocycles. The predicted molar refractivity (Wildman–Crippen MR) is 89.0 cm³/mol. The largest absolute Gasteiger partial charge is 0.438 e. The minimum absolute atomic E-state index is 0.227. The first-order valence-corrected chi connectivity index (χ1v) is 9.90. The first-order valence-electron chi connectivity index (χ1n) is 7.91. The number of hydrogen-bond donors (Lipinski definition) is 0. The van der Waals surface area contributed by atoms with E-state index >= 15 is 0 Å². The predicted octanol–water partition coefficient (Wildman–Crippen LogP) is 4.83. The average Bonchev–Trinajstić information content (AvgIpc) is 2.47. The molecule has 1 aromatic carbocycles. The summed E-state index contributed by atoms with van der Waals surface area (Å²) in [4.78, 5) is 11.2. The molecule has 22 heavy (non-hydrogen) atoms. The summed E-state index contributed by atoms with van der Waals surface area (Å²) in [5.41, 5.74) is 0.983. The Bertz CT molecular complexity index is 487. The third-order valence-electron chi connectivity index (χ3n) is 3.43. The molecule has 0 aliphatic rings. The fourth-order valence-electron chi connectivity index (χ4n) is 2.37. The third-order valence-corrected chi connectivity index (χ3v) is 6.04. The van der Waals surface area contributed by atoms with Gasteiger partial charge in [0.15, 0.2) is 6.79 Å². The molecule has 0 spiro atoms. The normalized spacial score (nSPS) is 15.0. The van der Waals surface area contributed by atoms with Gasteiger partial charge in [-0.25, -0.2) is 0 Å². The molecule has 4 nitrogen and oxygen atoms in total. The topological polar surface area (TPSA) is 52.6 Å². The van der Waals surface area contributed by atoms with Crippen molar-refractivity contribution in [2.75, 3.05) is 13.0 Å². The van der Waals surface area contributed by atoms with Gasteiger partial charge in [0, 0.05) is 18.7 Å². The van der Waals surface area contributed by atoms with Gasteiger partial charge in [-0.2, -0.15) is 0 Å². The number of ether oxygens (including phenoxy) is 1. The Morgan fingerprint density at radius 2 is 1.91 bits per heavy atom. The van der Waals surface area contributed by atoms with Gasteiger partial charge >= 0.3 is 5.97 Å². The lowest BCUT2D eigenvalue weighted by atomic mass is 10.1. The number of benzene rings is 1. The van der Waals surface area contributed by atoms with Crippen molar-refractivity contribution in [2.24, 2.45) is 5.92 Å². The van der Waals surface area contributed by atoms with Crippen LogP contribution in [0.5, 0.6) is 0 Å². The molecule has 0 aliphatic carbocycles. The summed E-state index contributed by atoms with van der Waals surface area (Å²) in [7, 11) is -2.87. The summed E-state index contributed by atoms with van der Waals surface area (Å²) >= 11 is 0. The summed E-state index contributed by atoms with van der Waals surface area (Å²) in [5.74, 6) is -0.0192. The van der Waals surface area contributed by atoms with E-state index in [9.17, 15) is 9.36 Å². The molecule has 1 rings (SSSR count). The first-order chi connectivity index (χ1) is 10.5. The Balaban J connectivity index is 2.70. The van der Waals surface area contributed by atoms with E-state index in [2.05, 4.69) is 13.8 Å². The zero-order valence-electron chi connectivity index (χ0n) is 13.8. The zero-order chi connectivity index (χ0) is 16.4. The highest BCUT2D eigenvalue weighted by atomic mass is 31.2. The standard InChI is InChI=1S/C17H27O4P/c1-4-9-15(3)12-22(19,21-14-20-17(18)5-2)13-16-10-7-6-8-11-16/h6-8,10-11,15H,4-5,9,12-14H2,1-3H3. The minimum atomic E-state index is -2.87. The zero-order valence-corrected chi connectivity index (χ0v) is 14.7. The van der Waals surface area contributed by atoms with Crippen LogP contribution in [0.2, 0.25) is 0 Å². The van der Waals surface area contributed by atoms with Gasteiger partial charge in [-0.15, -0.1) is 0 Å². The molecule has 2 atom stereocenters. The molecule has 2 unspecified atom stereocenters. The van der Waals surface area contributed by atoms with Crippen LogP contribution in [0.4, 0.5) is 0 Å². The van der Waals surface area contributed by atoms with Crippen molar-refractivity contribution in [3.63, 3.8) is 0 Å². The molecule has 1 aromatic rings. The second-order valence-electron chi connectivity index (χ2n) is 5.65. The number of carbonyl (C=O) groups is 1. The maximum atomic E-state index is 13.1. The summed E-state index contributed by atoms with van der Waals surface area (Å²) in [6, 6.07) is 9.66. The summed E-state index contributed by atoms with van der Waals surface area (Å²) in [5, 5.41) is 0. The van der Waals surface area contributed by atoms with Crippen LogP contribution >= 0.6 is 7.37 Å². The molecule has 0 aromatic heterocycles. The van der Waals surface area contributed by atoms with E-state index in [1.54, 1.807) is 6.92 Å². The molecular formula is C17H27O4P. The van der Waals surface area contributed by atoms with E-state index in [-0.39, 0.29) is 12.8 Å². The van der Waals surface area contributed by atoms with Gasteiger partial charge in [-0.05, 0) is 11.5 Å². The number of hydrogen-bond acceptors (Lipinski definition) is 4. The summed E-state index contributed by atoms with van der Waals surface area (Å²) in [6.07, 6.45) is 3.25. The van der Waals surface area contributed by atoms with Crippen LogP contribution in [0.15, 0.2) is 30.3 Å². The van der Waals surface area contributed by atoms with Crippen molar-refractivity contribution in [3.8, 4) is 0 Å². The van der Waals surface area contributed by atoms with Crippen LogP contribution in [-0.4, -0.2) is 18.9 Å². The molecule has 0 fully saturated rings. The Kier molecular flexibility index (Phi) is 8.44. The highest BCUT2D eigenvalue weighted by Crippen LogP contribution is 2.52. The maximum Gasteiger partial charge on any atom is 0.307 e. The second-order valence-corrected chi connectivity index (χ2v) is 8.22. The fraction of sp³-hybridized carbons (Fsp3) is 0.588. The van der Waals surface area contributed by atoms with Crippen LogP contribution in [0.3, 0.4) is 0 Å². The van der Waals surface area contributed by atoms with Gasteiger partial charge in [-0.3, -0.25) is 13.9 Å². The molecule has 0 radical (unpaired) electrons. The Morgan fingerprint density at radius 3 is 2.50 bits per heavy atom. The Hall–Kier alpha value is -1.12. The van der Waals surface area contributed by atoms with Crippen LogP contribution in [-0.2, 0) is 24.8 Å². The van der Waals surface area contributed by atoms with Crippen LogP contribution in [0.25, 0.3) is 0 Å². The molecule has 5 heteroatoms. The number of rotatable bonds is 10. The van der Waals surface area contributed by atoms with Gasteiger partial charge in [0.2, 0.25) is 7.37 Å². The minimum Gasteiger partial charge on any atom is -0.438 e. The van der Waals surface area contributed by atoms with E-state index in [0.29, 0.717) is 24.7 Å². The third kappa shape index (κ3) is 7.24. The number of carbonyl (C=O) groups excluding carboxylic acids is 1. The lowest BCUT2D eigenvalue weighted by molar-refractivity contribution is -0.149. The Labute approximate surface area is 133 Å². The van der Waals surface area contributed by atoms with Gasteiger partial charge < -0.3 is 4.74 Å². The fourth-order valence-corrected chi connectivity index (χ4v) is 4.84. The lowest BCUT2D eigenvalue weighted by Crippen LogP contribution is -2.11. The molecule has 0 amide bonds. The van der Waals surface area contributed by atoms with E-state index < -0.39 is 7.37 Å². The van der Waals surface area contributed by atoms with E-state index in [0.717, 1.165) is 18.4 Å². The van der Waals surface area contributed by atoms with Crippen molar-refractivity contribution >= 4 is 13.3 Å². The summed E-state index contributed by atoms with van der Waals surface area (Å²) < 4.78 is 23.6.